The summed E-state index contributed by atoms with van der Waals surface area (Å²) in [7, 11) is 0. The molecule has 4 rings (SSSR count). The van der Waals surface area contributed by atoms with Gasteiger partial charge in [0, 0.05) is 12.0 Å². The molecule has 1 spiro atoms. The van der Waals surface area contributed by atoms with E-state index in [9.17, 15) is 4.79 Å². The molecule has 0 aromatic carbocycles. The number of esters is 1. The van der Waals surface area contributed by atoms with Gasteiger partial charge in [-0.2, -0.15) is 0 Å². The third-order valence-electron chi connectivity index (χ3n) is 7.55. The quantitative estimate of drug-likeness (QED) is 0.434. The average Bonchev–Trinajstić information content (AvgIpc) is 3.12. The van der Waals surface area contributed by atoms with Gasteiger partial charge in [-0.1, -0.05) is 33.3 Å². The lowest BCUT2D eigenvalue weighted by Gasteiger charge is -2.59. The van der Waals surface area contributed by atoms with Gasteiger partial charge in [0.05, 0.1) is 18.8 Å². The highest BCUT2D eigenvalue weighted by Crippen LogP contribution is 2.66. The van der Waals surface area contributed by atoms with E-state index >= 15 is 0 Å². The van der Waals surface area contributed by atoms with Gasteiger partial charge in [-0.05, 0) is 54.8 Å². The van der Waals surface area contributed by atoms with E-state index < -0.39 is 0 Å². The first kappa shape index (κ1) is 15.7. The van der Waals surface area contributed by atoms with Crippen molar-refractivity contribution < 1.29 is 14.3 Å². The normalized spacial score (nSPS) is 46.7. The molecule has 2 saturated carbocycles. The minimum absolute atomic E-state index is 0.0998. The lowest BCUT2D eigenvalue weighted by molar-refractivity contribution is -0.135. The number of hydrogen-bond donors (Lipinski definition) is 0. The maximum absolute atomic E-state index is 11.8. The molecule has 2 aliphatic heterocycles. The molecule has 23 heavy (non-hydrogen) atoms. The zero-order valence-electron chi connectivity index (χ0n) is 14.8. The second-order valence-electron chi connectivity index (χ2n) is 9.20. The van der Waals surface area contributed by atoms with Crippen LogP contribution in [-0.2, 0) is 14.3 Å². The van der Waals surface area contributed by atoms with Gasteiger partial charge >= 0.3 is 5.97 Å². The Kier molecular flexibility index (Phi) is 3.46. The molecule has 0 aromatic rings. The van der Waals surface area contributed by atoms with Crippen molar-refractivity contribution in [2.24, 2.45) is 22.7 Å². The van der Waals surface area contributed by atoms with Crippen LogP contribution in [-0.4, -0.2) is 24.8 Å². The SMILES string of the molecule is CC1(C)CCC[C@@]2(C)[C@H]1CC[C@@]1(CO1)[C@@H]2C/C=C1\CCOC1=O. The zero-order chi connectivity index (χ0) is 16.3. The summed E-state index contributed by atoms with van der Waals surface area (Å²) in [6, 6.07) is 0. The van der Waals surface area contributed by atoms with Gasteiger partial charge in [0.15, 0.2) is 0 Å². The molecule has 0 amide bonds. The molecule has 4 fully saturated rings. The molecule has 2 heterocycles. The molecule has 128 valence electrons. The maximum Gasteiger partial charge on any atom is 0.333 e. The average molecular weight is 318 g/mol. The Morgan fingerprint density at radius 2 is 2.00 bits per heavy atom. The molecule has 2 saturated heterocycles. The zero-order valence-corrected chi connectivity index (χ0v) is 14.8. The predicted octanol–water partition coefficient (Wildman–Crippen LogP) is 4.26. The van der Waals surface area contributed by atoms with Gasteiger partial charge in [0.25, 0.3) is 0 Å². The summed E-state index contributed by atoms with van der Waals surface area (Å²) in [6.07, 6.45) is 10.4. The molecule has 2 aliphatic carbocycles. The molecule has 0 radical (unpaired) electrons. The fraction of sp³-hybridized carbons (Fsp3) is 0.850. The number of fused-ring (bicyclic) bond motifs is 1. The summed E-state index contributed by atoms with van der Waals surface area (Å²) >= 11 is 0. The Morgan fingerprint density at radius 1 is 1.22 bits per heavy atom. The molecule has 0 aromatic heterocycles. The number of epoxide rings is 1. The van der Waals surface area contributed by atoms with Gasteiger partial charge in [-0.15, -0.1) is 0 Å². The monoisotopic (exact) mass is 318 g/mol. The lowest BCUT2D eigenvalue weighted by Crippen LogP contribution is -2.54. The van der Waals surface area contributed by atoms with Gasteiger partial charge in [0.1, 0.15) is 0 Å². The third kappa shape index (κ3) is 2.38. The van der Waals surface area contributed by atoms with Crippen LogP contribution in [0.4, 0.5) is 0 Å². The van der Waals surface area contributed by atoms with Gasteiger partial charge in [0.2, 0.25) is 0 Å². The Bertz CT molecular complexity index is 543. The lowest BCUT2D eigenvalue weighted by atomic mass is 9.46. The van der Waals surface area contributed by atoms with Crippen molar-refractivity contribution in [2.75, 3.05) is 13.2 Å². The first-order chi connectivity index (χ1) is 10.9. The predicted molar refractivity (Wildman–Crippen MR) is 88.9 cm³/mol. The summed E-state index contributed by atoms with van der Waals surface area (Å²) < 4.78 is 11.1. The second kappa shape index (κ2) is 5.08. The van der Waals surface area contributed by atoms with E-state index in [1.54, 1.807) is 0 Å². The van der Waals surface area contributed by atoms with E-state index in [0.717, 1.165) is 30.9 Å². The number of carbonyl (C=O) groups excluding carboxylic acids is 1. The van der Waals surface area contributed by atoms with Gasteiger partial charge in [-0.3, -0.25) is 0 Å². The van der Waals surface area contributed by atoms with Crippen molar-refractivity contribution in [3.63, 3.8) is 0 Å². The minimum Gasteiger partial charge on any atom is -0.462 e. The number of rotatable bonds is 2. The van der Waals surface area contributed by atoms with E-state index in [1.165, 1.54) is 32.1 Å². The molecule has 4 atom stereocenters. The van der Waals surface area contributed by atoms with Crippen LogP contribution in [0.25, 0.3) is 0 Å². The highest BCUT2D eigenvalue weighted by molar-refractivity contribution is 5.90. The van der Waals surface area contributed by atoms with Crippen molar-refractivity contribution in [2.45, 2.75) is 71.3 Å². The number of cyclic esters (lactones) is 1. The Morgan fingerprint density at radius 3 is 2.65 bits per heavy atom. The third-order valence-corrected chi connectivity index (χ3v) is 7.55. The van der Waals surface area contributed by atoms with Crippen molar-refractivity contribution in [3.8, 4) is 0 Å². The van der Waals surface area contributed by atoms with Crippen molar-refractivity contribution in [1.82, 2.24) is 0 Å². The van der Waals surface area contributed by atoms with E-state index in [4.69, 9.17) is 9.47 Å². The van der Waals surface area contributed by atoms with Crippen LogP contribution < -0.4 is 0 Å². The fourth-order valence-corrected chi connectivity index (χ4v) is 6.28. The van der Waals surface area contributed by atoms with Gasteiger partial charge < -0.3 is 9.47 Å². The number of ether oxygens (including phenoxy) is 2. The first-order valence-corrected chi connectivity index (χ1v) is 9.38. The van der Waals surface area contributed by atoms with Crippen molar-refractivity contribution >= 4 is 5.97 Å². The summed E-state index contributed by atoms with van der Waals surface area (Å²) in [5, 5.41) is 0. The molecular weight excluding hydrogens is 288 g/mol. The molecular formula is C20H30O3. The molecule has 3 nitrogen and oxygen atoms in total. The fourth-order valence-electron chi connectivity index (χ4n) is 6.28. The van der Waals surface area contributed by atoms with E-state index in [1.807, 2.05) is 0 Å². The summed E-state index contributed by atoms with van der Waals surface area (Å²) in [4.78, 5) is 11.8. The molecule has 0 unspecified atom stereocenters. The number of carbonyl (C=O) groups is 1. The molecule has 0 N–H and O–H groups in total. The smallest absolute Gasteiger partial charge is 0.333 e. The number of allylic oxidation sites excluding steroid dienone is 1. The van der Waals surface area contributed by atoms with Crippen LogP contribution in [0.15, 0.2) is 11.6 Å². The van der Waals surface area contributed by atoms with Crippen LogP contribution >= 0.6 is 0 Å². The summed E-state index contributed by atoms with van der Waals surface area (Å²) in [5.41, 5.74) is 1.77. The topological polar surface area (TPSA) is 38.8 Å². The minimum atomic E-state index is -0.0998. The summed E-state index contributed by atoms with van der Waals surface area (Å²) in [5.74, 6) is 1.23. The Hall–Kier alpha value is -0.830. The Labute approximate surface area is 139 Å². The number of hydrogen-bond acceptors (Lipinski definition) is 3. The highest BCUT2D eigenvalue weighted by atomic mass is 16.6. The second-order valence-corrected chi connectivity index (χ2v) is 9.20. The van der Waals surface area contributed by atoms with Crippen LogP contribution in [0.1, 0.15) is 65.7 Å². The molecule has 4 aliphatic rings. The van der Waals surface area contributed by atoms with Crippen LogP contribution in [0.2, 0.25) is 0 Å². The van der Waals surface area contributed by atoms with Crippen molar-refractivity contribution in [3.05, 3.63) is 11.6 Å². The molecule has 3 heteroatoms. The van der Waals surface area contributed by atoms with E-state index in [2.05, 4.69) is 26.8 Å². The van der Waals surface area contributed by atoms with E-state index in [-0.39, 0.29) is 11.6 Å². The largest absolute Gasteiger partial charge is 0.462 e. The van der Waals surface area contributed by atoms with Gasteiger partial charge in [-0.25, -0.2) is 4.79 Å². The van der Waals surface area contributed by atoms with Crippen LogP contribution in [0, 0.1) is 22.7 Å². The molecule has 0 bridgehead atoms. The maximum atomic E-state index is 11.8. The summed E-state index contributed by atoms with van der Waals surface area (Å²) in [6.45, 7) is 8.92. The van der Waals surface area contributed by atoms with Crippen LogP contribution in [0.3, 0.4) is 0 Å². The standard InChI is InChI=1S/C20H30O3/c1-18(2)9-4-10-19(3)15(18)7-11-20(13-23-20)16(19)6-5-14-8-12-22-17(14)21/h5,15-16H,4,6-13H2,1-3H3/b14-5+/t15-,16+,19-,20+/m0/s1. The highest BCUT2D eigenvalue weighted by Gasteiger charge is 2.64. The van der Waals surface area contributed by atoms with Crippen molar-refractivity contribution in [1.29, 1.82) is 0 Å². The van der Waals surface area contributed by atoms with E-state index in [0.29, 0.717) is 23.4 Å². The van der Waals surface area contributed by atoms with Crippen LogP contribution in [0.5, 0.6) is 0 Å². The first-order valence-electron chi connectivity index (χ1n) is 9.38. The Balaban J connectivity index is 1.63.